The molecule has 15 heavy (non-hydrogen) atoms. The van der Waals surface area contributed by atoms with E-state index in [2.05, 4.69) is 15.4 Å². The molecule has 3 N–H and O–H groups in total. The van der Waals surface area contributed by atoms with E-state index in [-0.39, 0.29) is 6.02 Å². The maximum absolute atomic E-state index is 7.11. The summed E-state index contributed by atoms with van der Waals surface area (Å²) in [6.07, 6.45) is 0. The van der Waals surface area contributed by atoms with Crippen LogP contribution < -0.4 is 10.6 Å². The van der Waals surface area contributed by atoms with Crippen LogP contribution in [0.3, 0.4) is 0 Å². The van der Waals surface area contributed by atoms with Crippen molar-refractivity contribution < 1.29 is 14.2 Å². The van der Waals surface area contributed by atoms with Crippen molar-refractivity contribution in [1.82, 2.24) is 10.6 Å². The van der Waals surface area contributed by atoms with Gasteiger partial charge in [-0.3, -0.25) is 5.41 Å². The lowest BCUT2D eigenvalue weighted by molar-refractivity contribution is 0.0510. The van der Waals surface area contributed by atoms with Crippen molar-refractivity contribution in [1.29, 1.82) is 5.41 Å². The molecule has 90 valence electrons. The highest BCUT2D eigenvalue weighted by atomic mass is 16.5. The van der Waals surface area contributed by atoms with E-state index < -0.39 is 0 Å². The number of methoxy groups -OCH3 is 1. The number of nitrogens with one attached hydrogen (secondary N) is 3. The van der Waals surface area contributed by atoms with Crippen LogP contribution in [0.2, 0.25) is 0 Å². The number of ether oxygens (including phenoxy) is 3. The molecule has 0 heterocycles. The summed E-state index contributed by atoms with van der Waals surface area (Å²) < 4.78 is 15.1. The van der Waals surface area contributed by atoms with Gasteiger partial charge in [0.2, 0.25) is 0 Å². The highest BCUT2D eigenvalue weighted by molar-refractivity contribution is 5.69. The Balaban J connectivity index is 2.95. The maximum atomic E-state index is 7.11. The summed E-state index contributed by atoms with van der Waals surface area (Å²) in [6.45, 7) is 3.85. The Labute approximate surface area is 90.8 Å². The van der Waals surface area contributed by atoms with Gasteiger partial charge in [-0.1, -0.05) is 0 Å². The summed E-state index contributed by atoms with van der Waals surface area (Å²) in [5.74, 6) is 0. The molecule has 0 saturated carbocycles. The number of rotatable bonds is 9. The molecular weight excluding hydrogens is 198 g/mol. The minimum atomic E-state index is 0.0591. The number of likely N-dealkylation sites (N-methyl/N-ethyl adjacent to an activating group) is 1. The third-order valence-electron chi connectivity index (χ3n) is 1.60. The molecule has 0 spiro atoms. The van der Waals surface area contributed by atoms with E-state index in [1.165, 1.54) is 7.11 Å². The SMILES string of the molecule is CNCCOCCOCCNC(=N)OC. The van der Waals surface area contributed by atoms with Crippen LogP contribution in [0, 0.1) is 5.41 Å². The van der Waals surface area contributed by atoms with Gasteiger partial charge in [-0.05, 0) is 7.05 Å². The lowest BCUT2D eigenvalue weighted by Gasteiger charge is -2.07. The van der Waals surface area contributed by atoms with E-state index in [1.54, 1.807) is 0 Å². The molecule has 0 aliphatic heterocycles. The van der Waals surface area contributed by atoms with E-state index >= 15 is 0 Å². The molecule has 0 unspecified atom stereocenters. The Morgan fingerprint density at radius 2 is 1.67 bits per heavy atom. The van der Waals surface area contributed by atoms with Crippen molar-refractivity contribution in [2.75, 3.05) is 53.7 Å². The summed E-state index contributed by atoms with van der Waals surface area (Å²) in [4.78, 5) is 0. The lowest BCUT2D eigenvalue weighted by atomic mass is 10.6. The zero-order chi connectivity index (χ0) is 11.4. The monoisotopic (exact) mass is 219 g/mol. The van der Waals surface area contributed by atoms with Gasteiger partial charge in [-0.15, -0.1) is 0 Å². The first-order chi connectivity index (χ1) is 7.31. The molecule has 0 atom stereocenters. The van der Waals surface area contributed by atoms with E-state index in [1.807, 2.05) is 7.05 Å². The summed E-state index contributed by atoms with van der Waals surface area (Å²) in [7, 11) is 3.34. The van der Waals surface area contributed by atoms with Gasteiger partial charge in [0.1, 0.15) is 0 Å². The zero-order valence-electron chi connectivity index (χ0n) is 9.47. The van der Waals surface area contributed by atoms with Crippen molar-refractivity contribution >= 4 is 6.02 Å². The van der Waals surface area contributed by atoms with Gasteiger partial charge >= 0.3 is 0 Å². The number of hydrogen-bond acceptors (Lipinski definition) is 5. The third-order valence-corrected chi connectivity index (χ3v) is 1.60. The molecule has 0 rings (SSSR count). The molecule has 0 aliphatic carbocycles. The minimum absolute atomic E-state index is 0.0591. The topological polar surface area (TPSA) is 75.6 Å². The molecule has 6 heteroatoms. The van der Waals surface area contributed by atoms with Gasteiger partial charge in [0.05, 0.1) is 33.5 Å². The van der Waals surface area contributed by atoms with Crippen LogP contribution in [0.25, 0.3) is 0 Å². The van der Waals surface area contributed by atoms with Crippen molar-refractivity contribution in [3.63, 3.8) is 0 Å². The molecule has 0 amide bonds. The number of hydrogen-bond donors (Lipinski definition) is 3. The largest absolute Gasteiger partial charge is 0.469 e. The molecular formula is C9H21N3O3. The molecule has 0 aromatic carbocycles. The fourth-order valence-electron chi connectivity index (χ4n) is 0.805. The Hall–Kier alpha value is -0.850. The molecule has 0 aromatic rings. The Bertz CT molecular complexity index is 156. The zero-order valence-corrected chi connectivity index (χ0v) is 9.47. The van der Waals surface area contributed by atoms with Crippen molar-refractivity contribution in [3.05, 3.63) is 0 Å². The van der Waals surface area contributed by atoms with E-state index in [0.29, 0.717) is 33.0 Å². The molecule has 6 nitrogen and oxygen atoms in total. The predicted octanol–water partition coefficient (Wildman–Crippen LogP) is -0.590. The molecule has 0 radical (unpaired) electrons. The lowest BCUT2D eigenvalue weighted by Crippen LogP contribution is -2.28. The van der Waals surface area contributed by atoms with Crippen molar-refractivity contribution in [2.45, 2.75) is 0 Å². The second kappa shape index (κ2) is 11.2. The van der Waals surface area contributed by atoms with Crippen molar-refractivity contribution in [2.24, 2.45) is 0 Å². The highest BCUT2D eigenvalue weighted by Crippen LogP contribution is 1.78. The van der Waals surface area contributed by atoms with Crippen LogP contribution in [0.15, 0.2) is 0 Å². The summed E-state index contributed by atoms with van der Waals surface area (Å²) in [5, 5.41) is 12.8. The fraction of sp³-hybridized carbons (Fsp3) is 0.889. The van der Waals surface area contributed by atoms with Crippen LogP contribution in [0.1, 0.15) is 0 Å². The highest BCUT2D eigenvalue weighted by Gasteiger charge is 1.92. The Morgan fingerprint density at radius 3 is 2.20 bits per heavy atom. The second-order valence-electron chi connectivity index (χ2n) is 2.79. The van der Waals surface area contributed by atoms with Gasteiger partial charge in [0.15, 0.2) is 0 Å². The molecule has 0 fully saturated rings. The summed E-state index contributed by atoms with van der Waals surface area (Å²) in [5.41, 5.74) is 0. The third kappa shape index (κ3) is 11.1. The molecule has 0 bridgehead atoms. The fourth-order valence-corrected chi connectivity index (χ4v) is 0.805. The van der Waals surface area contributed by atoms with Gasteiger partial charge < -0.3 is 24.8 Å². The average Bonchev–Trinajstić information content (AvgIpc) is 2.26. The molecule has 0 saturated heterocycles. The van der Waals surface area contributed by atoms with Gasteiger partial charge in [0, 0.05) is 13.1 Å². The normalized spacial score (nSPS) is 10.0. The first-order valence-electron chi connectivity index (χ1n) is 4.97. The Kier molecular flexibility index (Phi) is 10.6. The van der Waals surface area contributed by atoms with E-state index in [0.717, 1.165) is 6.54 Å². The van der Waals surface area contributed by atoms with Gasteiger partial charge in [0.25, 0.3) is 6.02 Å². The maximum Gasteiger partial charge on any atom is 0.281 e. The summed E-state index contributed by atoms with van der Waals surface area (Å²) >= 11 is 0. The van der Waals surface area contributed by atoms with Crippen LogP contribution in [0.4, 0.5) is 0 Å². The predicted molar refractivity (Wildman–Crippen MR) is 58.3 cm³/mol. The standard InChI is InChI=1S/C9H21N3O3/c1-11-3-5-14-7-8-15-6-4-12-9(10)13-2/h11H,3-8H2,1-2H3,(H2,10,12). The minimum Gasteiger partial charge on any atom is -0.469 e. The first kappa shape index (κ1) is 14.2. The van der Waals surface area contributed by atoms with Gasteiger partial charge in [-0.2, -0.15) is 0 Å². The van der Waals surface area contributed by atoms with Gasteiger partial charge in [-0.25, -0.2) is 0 Å². The quantitative estimate of drug-likeness (QED) is 0.274. The van der Waals surface area contributed by atoms with Crippen LogP contribution in [0.5, 0.6) is 0 Å². The van der Waals surface area contributed by atoms with E-state index in [4.69, 9.17) is 14.9 Å². The molecule has 0 aliphatic rings. The summed E-state index contributed by atoms with van der Waals surface area (Å²) in [6, 6.07) is 0.0591. The van der Waals surface area contributed by atoms with Crippen LogP contribution in [-0.2, 0) is 14.2 Å². The average molecular weight is 219 g/mol. The first-order valence-corrected chi connectivity index (χ1v) is 4.97. The van der Waals surface area contributed by atoms with Crippen LogP contribution >= 0.6 is 0 Å². The van der Waals surface area contributed by atoms with Crippen molar-refractivity contribution in [3.8, 4) is 0 Å². The van der Waals surface area contributed by atoms with Crippen LogP contribution in [-0.4, -0.2) is 59.7 Å². The molecule has 0 aromatic heterocycles. The number of amidine groups is 1. The Morgan fingerprint density at radius 1 is 1.07 bits per heavy atom. The smallest absolute Gasteiger partial charge is 0.281 e. The van der Waals surface area contributed by atoms with E-state index in [9.17, 15) is 0 Å². The second-order valence-corrected chi connectivity index (χ2v) is 2.79.